The topological polar surface area (TPSA) is 62.7 Å². The molecule has 3 rings (SSSR count). The molecule has 0 saturated carbocycles. The molecule has 2 N–H and O–H groups in total. The molecule has 0 spiro atoms. The number of rotatable bonds is 4. The minimum absolute atomic E-state index is 0.461. The van der Waals surface area contributed by atoms with Gasteiger partial charge in [-0.2, -0.15) is 10.1 Å². The number of nitrogens with zero attached hydrogens (tertiary/aromatic N) is 3. The van der Waals surface area contributed by atoms with Crippen LogP contribution in [0.15, 0.2) is 47.1 Å². The van der Waals surface area contributed by atoms with Gasteiger partial charge in [-0.1, -0.05) is 28.1 Å². The van der Waals surface area contributed by atoms with Crippen molar-refractivity contribution in [3.05, 3.63) is 63.8 Å². The summed E-state index contributed by atoms with van der Waals surface area (Å²) in [5.41, 5.74) is 5.47. The zero-order chi connectivity index (χ0) is 17.1. The van der Waals surface area contributed by atoms with Gasteiger partial charge >= 0.3 is 0 Å². The first-order valence-corrected chi connectivity index (χ1v) is 8.38. The van der Waals surface area contributed by atoms with Gasteiger partial charge in [-0.3, -0.25) is 0 Å². The molecule has 0 bridgehead atoms. The Bertz CT molecular complexity index is 879. The Morgan fingerprint density at radius 2 is 1.79 bits per heavy atom. The van der Waals surface area contributed by atoms with Crippen LogP contribution in [0.1, 0.15) is 16.7 Å². The van der Waals surface area contributed by atoms with Crippen LogP contribution in [0.4, 0.5) is 23.1 Å². The smallest absolute Gasteiger partial charge is 0.249 e. The molecule has 6 heteroatoms. The predicted molar refractivity (Wildman–Crippen MR) is 101 cm³/mol. The van der Waals surface area contributed by atoms with Gasteiger partial charge in [-0.25, -0.2) is 0 Å². The van der Waals surface area contributed by atoms with E-state index in [9.17, 15) is 0 Å². The number of halogens is 1. The van der Waals surface area contributed by atoms with E-state index >= 15 is 0 Å². The molecule has 2 aromatic carbocycles. The summed E-state index contributed by atoms with van der Waals surface area (Å²) >= 11 is 3.50. The minimum atomic E-state index is 0.461. The number of anilines is 4. The summed E-state index contributed by atoms with van der Waals surface area (Å²) in [6, 6.07) is 12.1. The lowest BCUT2D eigenvalue weighted by Gasteiger charge is -2.11. The number of hydrogen-bond donors (Lipinski definition) is 2. The molecule has 0 fully saturated rings. The summed E-state index contributed by atoms with van der Waals surface area (Å²) in [6.45, 7) is 6.19. The van der Waals surface area contributed by atoms with E-state index in [1.54, 1.807) is 6.20 Å². The van der Waals surface area contributed by atoms with Crippen LogP contribution >= 0.6 is 15.9 Å². The van der Waals surface area contributed by atoms with Crippen molar-refractivity contribution in [1.29, 1.82) is 0 Å². The van der Waals surface area contributed by atoms with E-state index in [0.717, 1.165) is 21.4 Å². The third-order valence-electron chi connectivity index (χ3n) is 3.84. The Balaban J connectivity index is 1.81. The lowest BCUT2D eigenvalue weighted by Crippen LogP contribution is -2.03. The summed E-state index contributed by atoms with van der Waals surface area (Å²) in [5, 5.41) is 14.6. The summed E-state index contributed by atoms with van der Waals surface area (Å²) in [7, 11) is 0. The fourth-order valence-electron chi connectivity index (χ4n) is 2.29. The van der Waals surface area contributed by atoms with Gasteiger partial charge < -0.3 is 10.6 Å². The lowest BCUT2D eigenvalue weighted by atomic mass is 10.1. The highest BCUT2D eigenvalue weighted by molar-refractivity contribution is 9.10. The molecule has 24 heavy (non-hydrogen) atoms. The lowest BCUT2D eigenvalue weighted by molar-refractivity contribution is 0.981. The van der Waals surface area contributed by atoms with Gasteiger partial charge in [0, 0.05) is 15.8 Å². The average molecular weight is 384 g/mol. The molecule has 1 aromatic heterocycles. The summed E-state index contributed by atoms with van der Waals surface area (Å²) in [5.74, 6) is 1.10. The Hall–Kier alpha value is -2.47. The zero-order valence-electron chi connectivity index (χ0n) is 13.8. The number of benzene rings is 2. The molecule has 0 aliphatic heterocycles. The molecule has 0 unspecified atom stereocenters. The maximum atomic E-state index is 4.48. The van der Waals surface area contributed by atoms with Crippen LogP contribution in [0.2, 0.25) is 0 Å². The van der Waals surface area contributed by atoms with E-state index in [-0.39, 0.29) is 0 Å². The van der Waals surface area contributed by atoms with Crippen molar-refractivity contribution in [1.82, 2.24) is 15.2 Å². The molecule has 0 saturated heterocycles. The van der Waals surface area contributed by atoms with E-state index in [1.165, 1.54) is 11.1 Å². The van der Waals surface area contributed by atoms with E-state index in [4.69, 9.17) is 0 Å². The molecular weight excluding hydrogens is 366 g/mol. The van der Waals surface area contributed by atoms with Gasteiger partial charge in [0.1, 0.15) is 0 Å². The fourth-order valence-corrected chi connectivity index (χ4v) is 2.54. The Morgan fingerprint density at radius 1 is 0.958 bits per heavy atom. The van der Waals surface area contributed by atoms with Crippen LogP contribution in [-0.4, -0.2) is 15.2 Å². The summed E-state index contributed by atoms with van der Waals surface area (Å²) < 4.78 is 1.08. The average Bonchev–Trinajstić information content (AvgIpc) is 2.56. The predicted octanol–water partition coefficient (Wildman–Crippen LogP) is 5.05. The zero-order valence-corrected chi connectivity index (χ0v) is 15.3. The number of hydrogen-bond acceptors (Lipinski definition) is 5. The molecule has 1 heterocycles. The third kappa shape index (κ3) is 3.71. The van der Waals surface area contributed by atoms with Crippen molar-refractivity contribution >= 4 is 39.1 Å². The maximum absolute atomic E-state index is 4.48. The number of aromatic nitrogens is 3. The molecule has 0 atom stereocenters. The summed E-state index contributed by atoms with van der Waals surface area (Å²) in [6.07, 6.45) is 1.60. The van der Waals surface area contributed by atoms with Crippen LogP contribution in [-0.2, 0) is 0 Å². The highest BCUT2D eigenvalue weighted by Crippen LogP contribution is 2.24. The molecular formula is C18H18BrN5. The van der Waals surface area contributed by atoms with Gasteiger partial charge in [0.05, 0.1) is 6.20 Å². The Morgan fingerprint density at radius 3 is 2.58 bits per heavy atom. The summed E-state index contributed by atoms with van der Waals surface area (Å²) in [4.78, 5) is 4.48. The van der Waals surface area contributed by atoms with Gasteiger partial charge in [-0.05, 0) is 61.7 Å². The second kappa shape index (κ2) is 6.97. The highest BCUT2D eigenvalue weighted by atomic mass is 79.9. The molecule has 122 valence electrons. The van der Waals surface area contributed by atoms with Gasteiger partial charge in [0.15, 0.2) is 5.82 Å². The maximum Gasteiger partial charge on any atom is 0.249 e. The highest BCUT2D eigenvalue weighted by Gasteiger charge is 2.06. The van der Waals surface area contributed by atoms with E-state index in [0.29, 0.717) is 11.8 Å². The second-order valence-corrected chi connectivity index (χ2v) is 6.48. The monoisotopic (exact) mass is 383 g/mol. The Labute approximate surface area is 149 Å². The van der Waals surface area contributed by atoms with Gasteiger partial charge in [0.2, 0.25) is 5.95 Å². The van der Waals surface area contributed by atoms with Crippen molar-refractivity contribution in [3.63, 3.8) is 0 Å². The molecule has 0 aliphatic rings. The number of nitrogens with one attached hydrogen (secondary N) is 2. The molecule has 5 nitrogen and oxygen atoms in total. The van der Waals surface area contributed by atoms with Crippen molar-refractivity contribution < 1.29 is 0 Å². The SMILES string of the molecule is Cc1cc(Nc2cnnc(Nc3cccc(C)c3C)n2)ccc1Br. The van der Waals surface area contributed by atoms with Crippen LogP contribution < -0.4 is 10.6 Å². The van der Waals surface area contributed by atoms with E-state index < -0.39 is 0 Å². The van der Waals surface area contributed by atoms with Gasteiger partial charge in [-0.15, -0.1) is 5.10 Å². The second-order valence-electron chi connectivity index (χ2n) is 5.63. The molecule has 3 aromatic rings. The number of aryl methyl sites for hydroxylation is 2. The molecule has 0 aliphatic carbocycles. The van der Waals surface area contributed by atoms with E-state index in [2.05, 4.69) is 61.7 Å². The van der Waals surface area contributed by atoms with Crippen molar-refractivity contribution in [2.24, 2.45) is 0 Å². The Kier molecular flexibility index (Phi) is 4.76. The normalized spacial score (nSPS) is 10.5. The van der Waals surface area contributed by atoms with Crippen molar-refractivity contribution in [2.45, 2.75) is 20.8 Å². The van der Waals surface area contributed by atoms with Crippen LogP contribution in [0.3, 0.4) is 0 Å². The first kappa shape index (κ1) is 16.4. The fraction of sp³-hybridized carbons (Fsp3) is 0.167. The van der Waals surface area contributed by atoms with E-state index in [1.807, 2.05) is 37.3 Å². The van der Waals surface area contributed by atoms with Crippen LogP contribution in [0.25, 0.3) is 0 Å². The standard InChI is InChI=1S/C18H18BrN5/c1-11-5-4-6-16(13(11)3)22-18-23-17(10-20-24-18)21-14-7-8-15(19)12(2)9-14/h4-10H,1-3H3,(H2,21,22,23,24). The van der Waals surface area contributed by atoms with Gasteiger partial charge in [0.25, 0.3) is 0 Å². The largest absolute Gasteiger partial charge is 0.339 e. The first-order chi connectivity index (χ1) is 11.5. The van der Waals surface area contributed by atoms with Crippen molar-refractivity contribution in [2.75, 3.05) is 10.6 Å². The van der Waals surface area contributed by atoms with Crippen molar-refractivity contribution in [3.8, 4) is 0 Å². The first-order valence-electron chi connectivity index (χ1n) is 7.59. The van der Waals surface area contributed by atoms with Crippen LogP contribution in [0, 0.1) is 20.8 Å². The molecule has 0 amide bonds. The minimum Gasteiger partial charge on any atom is -0.339 e. The quantitative estimate of drug-likeness (QED) is 0.659. The van der Waals surface area contributed by atoms with Crippen LogP contribution in [0.5, 0.6) is 0 Å². The third-order valence-corrected chi connectivity index (χ3v) is 4.73. The molecule has 0 radical (unpaired) electrons.